The van der Waals surface area contributed by atoms with Gasteiger partial charge in [-0.2, -0.15) is 15.4 Å². The number of carboxylic acid groups (broad SMARTS) is 1. The van der Waals surface area contributed by atoms with Crippen molar-refractivity contribution in [2.45, 2.75) is 57.3 Å². The van der Waals surface area contributed by atoms with Crippen LogP contribution in [0.3, 0.4) is 0 Å². The number of hydrogen-bond acceptors (Lipinski definition) is 4. The second kappa shape index (κ2) is 8.00. The fraction of sp³-hybridized carbons (Fsp3) is 0.409. The van der Waals surface area contributed by atoms with E-state index in [0.29, 0.717) is 24.5 Å². The molecular formula is C22H25N3O3. The van der Waals surface area contributed by atoms with Gasteiger partial charge in [0.1, 0.15) is 16.8 Å². The van der Waals surface area contributed by atoms with Gasteiger partial charge in [0, 0.05) is 17.5 Å². The van der Waals surface area contributed by atoms with Crippen molar-refractivity contribution < 1.29 is 15.0 Å². The van der Waals surface area contributed by atoms with Gasteiger partial charge in [-0.1, -0.05) is 37.5 Å². The molecule has 3 aromatic rings. The van der Waals surface area contributed by atoms with Gasteiger partial charge in [0.05, 0.1) is 0 Å². The quantitative estimate of drug-likeness (QED) is 0.572. The summed E-state index contributed by atoms with van der Waals surface area (Å²) in [4.78, 5) is 10.9. The number of hydrogen-bond donors (Lipinski definition) is 3. The molecule has 6 nitrogen and oxygen atoms in total. The second-order valence-corrected chi connectivity index (χ2v) is 7.66. The molecule has 0 radical (unpaired) electrons. The molecule has 0 bridgehead atoms. The summed E-state index contributed by atoms with van der Waals surface area (Å²) < 4.78 is 0. The summed E-state index contributed by atoms with van der Waals surface area (Å²) in [6.45, 7) is 0. The maximum Gasteiger partial charge on any atom is 0.303 e. The van der Waals surface area contributed by atoms with E-state index in [-0.39, 0.29) is 6.42 Å². The number of phenols is 1. The monoisotopic (exact) mass is 379 g/mol. The summed E-state index contributed by atoms with van der Waals surface area (Å²) in [5.41, 5.74) is 5.15. The number of aryl methyl sites for hydroxylation is 1. The lowest BCUT2D eigenvalue weighted by Gasteiger charge is -2.25. The van der Waals surface area contributed by atoms with Crippen LogP contribution in [0.25, 0.3) is 22.2 Å². The topological polar surface area (TPSA) is 99.1 Å². The Morgan fingerprint density at radius 2 is 1.93 bits per heavy atom. The first kappa shape index (κ1) is 18.5. The maximum absolute atomic E-state index is 11.2. The van der Waals surface area contributed by atoms with E-state index in [9.17, 15) is 9.90 Å². The molecule has 1 saturated carbocycles. The van der Waals surface area contributed by atoms with Crippen LogP contribution >= 0.6 is 0 Å². The van der Waals surface area contributed by atoms with Crippen LogP contribution in [0.1, 0.15) is 62.0 Å². The minimum atomic E-state index is -0.779. The Kier molecular flexibility index (Phi) is 5.28. The van der Waals surface area contributed by atoms with E-state index in [0.717, 1.165) is 46.1 Å². The highest BCUT2D eigenvalue weighted by Crippen LogP contribution is 2.43. The number of phenolic OH excluding ortho intramolecular Hbond substituents is 1. The zero-order valence-electron chi connectivity index (χ0n) is 15.8. The van der Waals surface area contributed by atoms with Crippen molar-refractivity contribution in [1.29, 1.82) is 0 Å². The van der Waals surface area contributed by atoms with Crippen molar-refractivity contribution in [3.05, 3.63) is 41.5 Å². The minimum Gasteiger partial charge on any atom is -0.507 e. The standard InChI is InChI=1S/C22H25N3O3/c26-20(27)11-4-6-14-12-17(15-7-2-1-3-8-15)22(28)18(13-14)16-9-5-10-19-21(16)24-25-23-19/h5,9-10,12-13,15,28H,1-4,6-8,11H2,(H,26,27)(H,23,24,25). The molecule has 0 spiro atoms. The number of nitrogens with zero attached hydrogens (tertiary/aromatic N) is 2. The lowest BCUT2D eigenvalue weighted by atomic mass is 9.81. The third-order valence-electron chi connectivity index (χ3n) is 5.74. The number of H-pyrrole nitrogens is 1. The summed E-state index contributed by atoms with van der Waals surface area (Å²) in [5, 5.41) is 31.2. The van der Waals surface area contributed by atoms with E-state index in [2.05, 4.69) is 21.5 Å². The summed E-state index contributed by atoms with van der Waals surface area (Å²) in [5.74, 6) is -0.105. The van der Waals surface area contributed by atoms with Gasteiger partial charge in [-0.3, -0.25) is 4.79 Å². The number of carboxylic acids is 1. The van der Waals surface area contributed by atoms with Crippen LogP contribution in [0.15, 0.2) is 30.3 Å². The van der Waals surface area contributed by atoms with Crippen LogP contribution in [-0.2, 0) is 11.2 Å². The molecule has 1 aromatic heterocycles. The molecule has 28 heavy (non-hydrogen) atoms. The highest BCUT2D eigenvalue weighted by atomic mass is 16.4. The van der Waals surface area contributed by atoms with Gasteiger partial charge < -0.3 is 10.2 Å². The van der Waals surface area contributed by atoms with Crippen molar-refractivity contribution >= 4 is 17.0 Å². The lowest BCUT2D eigenvalue weighted by molar-refractivity contribution is -0.137. The third kappa shape index (κ3) is 3.72. The Labute approximate surface area is 163 Å². The average molecular weight is 379 g/mol. The Hall–Kier alpha value is -2.89. The molecule has 4 rings (SSSR count). The number of rotatable bonds is 6. The van der Waals surface area contributed by atoms with Crippen molar-refractivity contribution in [2.75, 3.05) is 0 Å². The minimum absolute atomic E-state index is 0.147. The van der Waals surface area contributed by atoms with E-state index in [1.165, 1.54) is 19.3 Å². The Morgan fingerprint density at radius 1 is 1.11 bits per heavy atom. The van der Waals surface area contributed by atoms with E-state index >= 15 is 0 Å². The molecule has 1 aliphatic carbocycles. The summed E-state index contributed by atoms with van der Waals surface area (Å²) in [6, 6.07) is 9.81. The third-order valence-corrected chi connectivity index (χ3v) is 5.74. The fourth-order valence-electron chi connectivity index (χ4n) is 4.32. The molecule has 2 aromatic carbocycles. The number of aromatic hydroxyl groups is 1. The molecule has 0 aliphatic heterocycles. The normalized spacial score (nSPS) is 15.1. The zero-order chi connectivity index (χ0) is 19.5. The molecule has 0 atom stereocenters. The molecule has 3 N–H and O–H groups in total. The van der Waals surface area contributed by atoms with E-state index in [1.54, 1.807) is 0 Å². The van der Waals surface area contributed by atoms with Gasteiger partial charge in [0.15, 0.2) is 0 Å². The van der Waals surface area contributed by atoms with Gasteiger partial charge in [-0.15, -0.1) is 0 Å². The molecule has 1 heterocycles. The van der Waals surface area contributed by atoms with Gasteiger partial charge in [0.25, 0.3) is 0 Å². The van der Waals surface area contributed by atoms with Crippen molar-refractivity contribution in [1.82, 2.24) is 15.4 Å². The maximum atomic E-state index is 11.2. The van der Waals surface area contributed by atoms with E-state index in [4.69, 9.17) is 5.11 Å². The number of para-hydroxylation sites is 1. The van der Waals surface area contributed by atoms with Crippen molar-refractivity contribution in [3.8, 4) is 16.9 Å². The number of aromatic amines is 1. The van der Waals surface area contributed by atoms with Crippen LogP contribution in [0.2, 0.25) is 0 Å². The lowest BCUT2D eigenvalue weighted by Crippen LogP contribution is -2.06. The fourth-order valence-corrected chi connectivity index (χ4v) is 4.32. The number of benzene rings is 2. The van der Waals surface area contributed by atoms with E-state index in [1.807, 2.05) is 24.3 Å². The summed E-state index contributed by atoms with van der Waals surface area (Å²) in [7, 11) is 0. The predicted molar refractivity (Wildman–Crippen MR) is 107 cm³/mol. The summed E-state index contributed by atoms with van der Waals surface area (Å²) in [6.07, 6.45) is 7.18. The molecule has 6 heteroatoms. The first-order valence-electron chi connectivity index (χ1n) is 10.0. The Balaban J connectivity index is 1.79. The molecule has 1 aliphatic rings. The first-order valence-corrected chi connectivity index (χ1v) is 10.0. The number of aliphatic carboxylic acids is 1. The van der Waals surface area contributed by atoms with Gasteiger partial charge >= 0.3 is 5.97 Å². The van der Waals surface area contributed by atoms with Crippen LogP contribution in [0, 0.1) is 0 Å². The Bertz CT molecular complexity index is 990. The highest BCUT2D eigenvalue weighted by molar-refractivity contribution is 5.93. The molecule has 0 saturated heterocycles. The second-order valence-electron chi connectivity index (χ2n) is 7.66. The number of aromatic nitrogens is 3. The molecule has 0 amide bonds. The van der Waals surface area contributed by atoms with Crippen LogP contribution in [0.4, 0.5) is 0 Å². The first-order chi connectivity index (χ1) is 13.6. The average Bonchev–Trinajstić information content (AvgIpc) is 3.18. The number of carbonyl (C=O) groups is 1. The largest absolute Gasteiger partial charge is 0.507 e. The van der Waals surface area contributed by atoms with E-state index < -0.39 is 5.97 Å². The van der Waals surface area contributed by atoms with Gasteiger partial charge in [0.2, 0.25) is 0 Å². The van der Waals surface area contributed by atoms with Crippen LogP contribution in [-0.4, -0.2) is 31.6 Å². The molecule has 146 valence electrons. The molecule has 0 unspecified atom stereocenters. The predicted octanol–water partition coefficient (Wildman–Crippen LogP) is 4.79. The zero-order valence-corrected chi connectivity index (χ0v) is 15.8. The molecular weight excluding hydrogens is 354 g/mol. The van der Waals surface area contributed by atoms with Gasteiger partial charge in [-0.05, 0) is 54.9 Å². The Morgan fingerprint density at radius 3 is 2.71 bits per heavy atom. The van der Waals surface area contributed by atoms with Crippen molar-refractivity contribution in [2.24, 2.45) is 0 Å². The number of fused-ring (bicyclic) bond motifs is 1. The van der Waals surface area contributed by atoms with Crippen LogP contribution < -0.4 is 0 Å². The summed E-state index contributed by atoms with van der Waals surface area (Å²) >= 11 is 0. The van der Waals surface area contributed by atoms with Crippen molar-refractivity contribution in [3.63, 3.8) is 0 Å². The SMILES string of the molecule is O=C(O)CCCc1cc(-c2cccc3n[nH]nc23)c(O)c(C2CCCCC2)c1. The number of nitrogens with one attached hydrogen (secondary N) is 1. The smallest absolute Gasteiger partial charge is 0.303 e. The molecule has 1 fully saturated rings. The highest BCUT2D eigenvalue weighted by Gasteiger charge is 2.23. The van der Waals surface area contributed by atoms with Gasteiger partial charge in [-0.25, -0.2) is 0 Å². The van der Waals surface area contributed by atoms with Crippen LogP contribution in [0.5, 0.6) is 5.75 Å².